The van der Waals surface area contributed by atoms with E-state index in [2.05, 4.69) is 5.32 Å². The van der Waals surface area contributed by atoms with Gasteiger partial charge in [-0.1, -0.05) is 41.9 Å². The summed E-state index contributed by atoms with van der Waals surface area (Å²) in [6, 6.07) is 14.1. The van der Waals surface area contributed by atoms with Gasteiger partial charge in [-0.15, -0.1) is 0 Å². The Morgan fingerprint density at radius 3 is 2.61 bits per heavy atom. The molecule has 0 aliphatic carbocycles. The largest absolute Gasteiger partial charge is 0.355 e. The molecule has 1 heterocycles. The Kier molecular flexibility index (Phi) is 7.04. The van der Waals surface area contributed by atoms with Gasteiger partial charge in [0.25, 0.3) is 0 Å². The van der Waals surface area contributed by atoms with E-state index in [9.17, 15) is 14.0 Å². The minimum Gasteiger partial charge on any atom is -0.355 e. The quantitative estimate of drug-likeness (QED) is 0.769. The molecule has 0 radical (unpaired) electrons. The molecule has 1 fully saturated rings. The van der Waals surface area contributed by atoms with Gasteiger partial charge in [0.15, 0.2) is 0 Å². The number of likely N-dealkylation sites (tertiary alicyclic amines) is 1. The Hall–Kier alpha value is -2.40. The standard InChI is InChI=1S/C22H24ClFN2O2/c23-19-8-5-16(6-9-19)11-13-25-22(28)18-12-14-26(15-18)21(27)10-7-17-3-1-2-4-20(17)24/h1-6,8-9,18H,7,10-15H2,(H,25,28)/t18-/m1/s1. The van der Waals surface area contributed by atoms with Gasteiger partial charge in [0.1, 0.15) is 5.82 Å². The van der Waals surface area contributed by atoms with E-state index in [4.69, 9.17) is 11.6 Å². The first-order chi connectivity index (χ1) is 13.5. The lowest BCUT2D eigenvalue weighted by molar-refractivity contribution is -0.130. The summed E-state index contributed by atoms with van der Waals surface area (Å²) in [4.78, 5) is 26.5. The van der Waals surface area contributed by atoms with Crippen LogP contribution in [0.3, 0.4) is 0 Å². The number of nitrogens with one attached hydrogen (secondary N) is 1. The summed E-state index contributed by atoms with van der Waals surface area (Å²) >= 11 is 5.87. The average Bonchev–Trinajstić information content (AvgIpc) is 3.19. The third-order valence-electron chi connectivity index (χ3n) is 5.10. The minimum atomic E-state index is -0.283. The van der Waals surface area contributed by atoms with Crippen LogP contribution in [0.25, 0.3) is 0 Å². The van der Waals surface area contributed by atoms with E-state index in [1.54, 1.807) is 23.1 Å². The van der Waals surface area contributed by atoms with Gasteiger partial charge in [-0.25, -0.2) is 4.39 Å². The fraction of sp³-hybridized carbons (Fsp3) is 0.364. The number of carbonyl (C=O) groups is 2. The molecular formula is C22H24ClFN2O2. The van der Waals surface area contributed by atoms with Crippen molar-refractivity contribution in [3.63, 3.8) is 0 Å². The van der Waals surface area contributed by atoms with Gasteiger partial charge < -0.3 is 10.2 Å². The van der Waals surface area contributed by atoms with Crippen LogP contribution >= 0.6 is 11.6 Å². The second-order valence-electron chi connectivity index (χ2n) is 7.08. The summed E-state index contributed by atoms with van der Waals surface area (Å²) in [5.74, 6) is -0.504. The van der Waals surface area contributed by atoms with Gasteiger partial charge in [-0.05, 0) is 48.6 Å². The summed E-state index contributed by atoms with van der Waals surface area (Å²) in [7, 11) is 0. The number of halogens is 2. The zero-order valence-electron chi connectivity index (χ0n) is 15.7. The van der Waals surface area contributed by atoms with Crippen molar-refractivity contribution in [3.05, 3.63) is 70.5 Å². The lowest BCUT2D eigenvalue weighted by atomic mass is 10.1. The molecule has 1 N–H and O–H groups in total. The van der Waals surface area contributed by atoms with E-state index < -0.39 is 0 Å². The highest BCUT2D eigenvalue weighted by atomic mass is 35.5. The SMILES string of the molecule is O=C(NCCc1ccc(Cl)cc1)[C@@H]1CCN(C(=O)CCc2ccccc2F)C1. The predicted molar refractivity (Wildman–Crippen MR) is 108 cm³/mol. The van der Waals surface area contributed by atoms with Crippen LogP contribution < -0.4 is 5.32 Å². The third kappa shape index (κ3) is 5.55. The number of hydrogen-bond donors (Lipinski definition) is 1. The fourth-order valence-electron chi connectivity index (χ4n) is 3.43. The lowest BCUT2D eigenvalue weighted by Gasteiger charge is -2.16. The van der Waals surface area contributed by atoms with Crippen molar-refractivity contribution in [2.24, 2.45) is 5.92 Å². The van der Waals surface area contributed by atoms with Gasteiger partial charge >= 0.3 is 0 Å². The van der Waals surface area contributed by atoms with E-state index >= 15 is 0 Å². The fourth-order valence-corrected chi connectivity index (χ4v) is 3.55. The highest BCUT2D eigenvalue weighted by molar-refractivity contribution is 6.30. The van der Waals surface area contributed by atoms with E-state index in [0.717, 1.165) is 12.0 Å². The van der Waals surface area contributed by atoms with Crippen LogP contribution in [0.15, 0.2) is 48.5 Å². The molecule has 2 aromatic carbocycles. The molecule has 0 spiro atoms. The zero-order chi connectivity index (χ0) is 19.9. The minimum absolute atomic E-state index is 0.0154. The van der Waals surface area contributed by atoms with Crippen LogP contribution in [0.2, 0.25) is 5.02 Å². The van der Waals surface area contributed by atoms with Crippen LogP contribution in [-0.2, 0) is 22.4 Å². The van der Waals surface area contributed by atoms with Crippen LogP contribution in [0.4, 0.5) is 4.39 Å². The first-order valence-corrected chi connectivity index (χ1v) is 9.94. The monoisotopic (exact) mass is 402 g/mol. The molecule has 6 heteroatoms. The smallest absolute Gasteiger partial charge is 0.224 e. The second kappa shape index (κ2) is 9.69. The Morgan fingerprint density at radius 2 is 1.86 bits per heavy atom. The van der Waals surface area contributed by atoms with Crippen molar-refractivity contribution in [3.8, 4) is 0 Å². The normalized spacial score (nSPS) is 16.2. The van der Waals surface area contributed by atoms with Crippen LogP contribution in [0.1, 0.15) is 24.0 Å². The lowest BCUT2D eigenvalue weighted by Crippen LogP contribution is -2.35. The molecule has 0 saturated carbocycles. The van der Waals surface area contributed by atoms with Crippen molar-refractivity contribution in [1.82, 2.24) is 10.2 Å². The molecule has 1 saturated heterocycles. The molecule has 0 unspecified atom stereocenters. The maximum Gasteiger partial charge on any atom is 0.224 e. The summed E-state index contributed by atoms with van der Waals surface area (Å²) in [6.07, 6.45) is 2.03. The summed E-state index contributed by atoms with van der Waals surface area (Å²) in [5.41, 5.74) is 1.66. The van der Waals surface area contributed by atoms with E-state index in [1.807, 2.05) is 24.3 Å². The van der Waals surface area contributed by atoms with Crippen LogP contribution in [-0.4, -0.2) is 36.3 Å². The number of rotatable bonds is 7. The molecule has 0 bridgehead atoms. The molecule has 1 atom stereocenters. The van der Waals surface area contributed by atoms with Crippen LogP contribution in [0, 0.1) is 11.7 Å². The summed E-state index contributed by atoms with van der Waals surface area (Å²) < 4.78 is 13.7. The molecular weight excluding hydrogens is 379 g/mol. The van der Waals surface area contributed by atoms with Crippen molar-refractivity contribution in [2.45, 2.75) is 25.7 Å². The van der Waals surface area contributed by atoms with Crippen LogP contribution in [0.5, 0.6) is 0 Å². The van der Waals surface area contributed by atoms with Crippen molar-refractivity contribution < 1.29 is 14.0 Å². The topological polar surface area (TPSA) is 49.4 Å². The molecule has 28 heavy (non-hydrogen) atoms. The molecule has 2 aromatic rings. The first kappa shape index (κ1) is 20.3. The summed E-state index contributed by atoms with van der Waals surface area (Å²) in [6.45, 7) is 1.56. The Labute approximate surface area is 169 Å². The average molecular weight is 403 g/mol. The third-order valence-corrected chi connectivity index (χ3v) is 5.36. The number of aryl methyl sites for hydroxylation is 1. The number of carbonyl (C=O) groups excluding carboxylic acids is 2. The van der Waals surface area contributed by atoms with Gasteiger partial charge in [-0.3, -0.25) is 9.59 Å². The summed E-state index contributed by atoms with van der Waals surface area (Å²) in [5, 5.41) is 3.65. The van der Waals surface area contributed by atoms with Crippen molar-refractivity contribution in [2.75, 3.05) is 19.6 Å². The zero-order valence-corrected chi connectivity index (χ0v) is 16.4. The maximum atomic E-state index is 13.7. The molecule has 1 aliphatic rings. The predicted octanol–water partition coefficient (Wildman–Crippen LogP) is 3.62. The van der Waals surface area contributed by atoms with Gasteiger partial charge in [0.05, 0.1) is 5.92 Å². The second-order valence-corrected chi connectivity index (χ2v) is 7.52. The molecule has 2 amide bonds. The highest BCUT2D eigenvalue weighted by Gasteiger charge is 2.30. The molecule has 0 aromatic heterocycles. The maximum absolute atomic E-state index is 13.7. The van der Waals surface area contributed by atoms with E-state index in [0.29, 0.717) is 43.1 Å². The van der Waals surface area contributed by atoms with Crippen molar-refractivity contribution >= 4 is 23.4 Å². The Balaban J connectivity index is 1.40. The number of benzene rings is 2. The molecule has 1 aliphatic heterocycles. The van der Waals surface area contributed by atoms with E-state index in [1.165, 1.54) is 6.07 Å². The number of nitrogens with zero attached hydrogens (tertiary/aromatic N) is 1. The first-order valence-electron chi connectivity index (χ1n) is 9.56. The Morgan fingerprint density at radius 1 is 1.11 bits per heavy atom. The van der Waals surface area contributed by atoms with E-state index in [-0.39, 0.29) is 30.0 Å². The van der Waals surface area contributed by atoms with Crippen molar-refractivity contribution in [1.29, 1.82) is 0 Å². The highest BCUT2D eigenvalue weighted by Crippen LogP contribution is 2.18. The van der Waals surface area contributed by atoms with Gasteiger partial charge in [-0.2, -0.15) is 0 Å². The number of amides is 2. The number of hydrogen-bond acceptors (Lipinski definition) is 2. The molecule has 4 nitrogen and oxygen atoms in total. The molecule has 148 valence electrons. The molecule has 3 rings (SSSR count). The Bertz CT molecular complexity index is 826. The van der Waals surface area contributed by atoms with Gasteiger partial charge in [0, 0.05) is 31.1 Å². The van der Waals surface area contributed by atoms with Gasteiger partial charge in [0.2, 0.25) is 11.8 Å².